The van der Waals surface area contributed by atoms with Crippen molar-refractivity contribution in [2.45, 2.75) is 58.0 Å². The van der Waals surface area contributed by atoms with Gasteiger partial charge >= 0.3 is 5.97 Å². The van der Waals surface area contributed by atoms with Gasteiger partial charge in [0.05, 0.1) is 0 Å². The second-order valence-corrected chi connectivity index (χ2v) is 5.31. The number of rotatable bonds is 5. The zero-order valence-electron chi connectivity index (χ0n) is 11.2. The molecule has 18 heavy (non-hydrogen) atoms. The molecular weight excluding hydrogens is 232 g/mol. The van der Waals surface area contributed by atoms with Crippen LogP contribution in [0.2, 0.25) is 0 Å². The normalized spacial score (nSPS) is 26.1. The molecule has 0 radical (unpaired) electrons. The maximum atomic E-state index is 11.0. The molecule has 1 saturated carbocycles. The van der Waals surface area contributed by atoms with Crippen molar-refractivity contribution in [3.63, 3.8) is 0 Å². The maximum Gasteiger partial charge on any atom is 0.327 e. The van der Waals surface area contributed by atoms with E-state index in [-0.39, 0.29) is 5.91 Å². The zero-order chi connectivity index (χ0) is 13.5. The van der Waals surface area contributed by atoms with E-state index < -0.39 is 12.0 Å². The van der Waals surface area contributed by atoms with Crippen molar-refractivity contribution in [2.24, 2.45) is 5.92 Å². The molecule has 3 N–H and O–H groups in total. The van der Waals surface area contributed by atoms with Crippen LogP contribution in [0.15, 0.2) is 0 Å². The van der Waals surface area contributed by atoms with Crippen molar-refractivity contribution in [3.8, 4) is 0 Å². The molecule has 1 aliphatic carbocycles. The first-order valence-electron chi connectivity index (χ1n) is 6.72. The summed E-state index contributed by atoms with van der Waals surface area (Å²) in [5.41, 5.74) is 0. The minimum Gasteiger partial charge on any atom is -0.480 e. The van der Waals surface area contributed by atoms with E-state index in [2.05, 4.69) is 17.6 Å². The molecule has 0 aromatic rings. The van der Waals surface area contributed by atoms with E-state index in [9.17, 15) is 9.59 Å². The smallest absolute Gasteiger partial charge is 0.327 e. The summed E-state index contributed by atoms with van der Waals surface area (Å²) >= 11 is 0. The lowest BCUT2D eigenvalue weighted by molar-refractivity contribution is -0.141. The highest BCUT2D eigenvalue weighted by Gasteiger charge is 2.21. The molecule has 1 fully saturated rings. The van der Waals surface area contributed by atoms with Crippen LogP contribution in [0.25, 0.3) is 0 Å². The van der Waals surface area contributed by atoms with Gasteiger partial charge in [-0.05, 0) is 25.2 Å². The topological polar surface area (TPSA) is 78.4 Å². The highest BCUT2D eigenvalue weighted by atomic mass is 16.4. The van der Waals surface area contributed by atoms with Gasteiger partial charge in [-0.1, -0.05) is 19.8 Å². The Morgan fingerprint density at radius 3 is 2.61 bits per heavy atom. The van der Waals surface area contributed by atoms with Crippen molar-refractivity contribution in [1.82, 2.24) is 10.6 Å². The number of hydrogen-bond donors (Lipinski definition) is 3. The summed E-state index contributed by atoms with van der Waals surface area (Å²) in [5.74, 6) is -0.527. The first-order chi connectivity index (χ1) is 8.49. The van der Waals surface area contributed by atoms with Gasteiger partial charge in [-0.3, -0.25) is 4.79 Å². The van der Waals surface area contributed by atoms with Crippen LogP contribution in [-0.4, -0.2) is 35.6 Å². The van der Waals surface area contributed by atoms with E-state index in [4.69, 9.17) is 5.11 Å². The summed E-state index contributed by atoms with van der Waals surface area (Å²) < 4.78 is 0. The summed E-state index contributed by atoms with van der Waals surface area (Å²) in [6.45, 7) is 3.90. The molecule has 0 saturated heterocycles. The van der Waals surface area contributed by atoms with Crippen LogP contribution in [0.4, 0.5) is 0 Å². The molecule has 104 valence electrons. The Balaban J connectivity index is 2.36. The number of carboxylic acids is 1. The Morgan fingerprint density at radius 2 is 2.00 bits per heavy atom. The van der Waals surface area contributed by atoms with E-state index in [0.29, 0.717) is 12.6 Å². The average Bonchev–Trinajstić information content (AvgIpc) is 2.48. The van der Waals surface area contributed by atoms with Gasteiger partial charge in [0.2, 0.25) is 5.91 Å². The van der Waals surface area contributed by atoms with Crippen molar-refractivity contribution in [3.05, 3.63) is 0 Å². The van der Waals surface area contributed by atoms with Gasteiger partial charge in [-0.15, -0.1) is 0 Å². The zero-order valence-corrected chi connectivity index (χ0v) is 11.2. The molecule has 0 heterocycles. The second-order valence-electron chi connectivity index (χ2n) is 5.31. The number of carbonyl (C=O) groups is 2. The Kier molecular flexibility index (Phi) is 6.12. The largest absolute Gasteiger partial charge is 0.480 e. The molecule has 0 spiro atoms. The van der Waals surface area contributed by atoms with Crippen LogP contribution in [0.5, 0.6) is 0 Å². The number of aliphatic carboxylic acids is 1. The predicted molar refractivity (Wildman–Crippen MR) is 69.3 cm³/mol. The first kappa shape index (κ1) is 15.0. The summed E-state index contributed by atoms with van der Waals surface area (Å²) in [6, 6.07) is -0.450. The van der Waals surface area contributed by atoms with Crippen LogP contribution in [-0.2, 0) is 9.59 Å². The number of carbonyl (C=O) groups excluding carboxylic acids is 1. The van der Waals surface area contributed by atoms with Gasteiger partial charge in [0.1, 0.15) is 6.04 Å². The number of carboxylic acid groups (broad SMARTS) is 1. The van der Waals surface area contributed by atoms with Gasteiger partial charge in [-0.2, -0.15) is 0 Å². The summed E-state index contributed by atoms with van der Waals surface area (Å²) in [4.78, 5) is 21.9. The van der Waals surface area contributed by atoms with E-state index >= 15 is 0 Å². The third-order valence-corrected chi connectivity index (χ3v) is 3.54. The minimum atomic E-state index is -0.986. The molecule has 1 amide bonds. The molecule has 0 aliphatic heterocycles. The highest BCUT2D eigenvalue weighted by molar-refractivity contribution is 5.82. The Bertz CT molecular complexity index is 294. The highest BCUT2D eigenvalue weighted by Crippen LogP contribution is 2.22. The Hall–Kier alpha value is -1.10. The Labute approximate surface area is 108 Å². The second kappa shape index (κ2) is 7.36. The van der Waals surface area contributed by atoms with E-state index in [1.54, 1.807) is 0 Å². The van der Waals surface area contributed by atoms with E-state index in [0.717, 1.165) is 18.8 Å². The number of nitrogens with one attached hydrogen (secondary N) is 2. The first-order valence-corrected chi connectivity index (χ1v) is 6.72. The average molecular weight is 256 g/mol. The van der Waals surface area contributed by atoms with Crippen LogP contribution < -0.4 is 10.6 Å². The summed E-state index contributed by atoms with van der Waals surface area (Å²) in [6.07, 6.45) is 5.82. The molecule has 0 aromatic carbocycles. The minimum absolute atomic E-state index is 0.300. The van der Waals surface area contributed by atoms with E-state index in [1.165, 1.54) is 26.2 Å². The molecule has 3 unspecified atom stereocenters. The fourth-order valence-corrected chi connectivity index (χ4v) is 2.42. The van der Waals surface area contributed by atoms with Crippen LogP contribution in [0.3, 0.4) is 0 Å². The van der Waals surface area contributed by atoms with Crippen molar-refractivity contribution in [1.29, 1.82) is 0 Å². The fourth-order valence-electron chi connectivity index (χ4n) is 2.42. The summed E-state index contributed by atoms with van der Waals surface area (Å²) in [7, 11) is 0. The molecule has 0 bridgehead atoms. The number of amides is 1. The van der Waals surface area contributed by atoms with Crippen LogP contribution in [0.1, 0.15) is 46.0 Å². The molecule has 1 rings (SSSR count). The van der Waals surface area contributed by atoms with E-state index in [1.807, 2.05) is 0 Å². The third-order valence-electron chi connectivity index (χ3n) is 3.54. The molecule has 3 atom stereocenters. The lowest BCUT2D eigenvalue weighted by Gasteiger charge is -2.20. The van der Waals surface area contributed by atoms with Crippen LogP contribution in [0, 0.1) is 5.92 Å². The SMILES string of the molecule is CC(=O)NC(CNC1CCCC(C)CC1)C(=O)O. The maximum absolute atomic E-state index is 11.0. The standard InChI is InChI=1S/C13H24N2O3/c1-9-4-3-5-11(7-6-9)14-8-12(13(17)18)15-10(2)16/h9,11-12,14H,3-8H2,1-2H3,(H,15,16)(H,17,18). The van der Waals surface area contributed by atoms with Gasteiger partial charge in [0.25, 0.3) is 0 Å². The lowest BCUT2D eigenvalue weighted by Crippen LogP contribution is -2.48. The van der Waals surface area contributed by atoms with Gasteiger partial charge in [-0.25, -0.2) is 4.79 Å². The van der Waals surface area contributed by atoms with Crippen molar-refractivity contribution in [2.75, 3.05) is 6.54 Å². The molecule has 0 aromatic heterocycles. The lowest BCUT2D eigenvalue weighted by atomic mass is 10.0. The molecule has 1 aliphatic rings. The van der Waals surface area contributed by atoms with Gasteiger partial charge < -0.3 is 15.7 Å². The van der Waals surface area contributed by atoms with Crippen LogP contribution >= 0.6 is 0 Å². The van der Waals surface area contributed by atoms with Gasteiger partial charge in [0.15, 0.2) is 0 Å². The Morgan fingerprint density at radius 1 is 1.28 bits per heavy atom. The quantitative estimate of drug-likeness (QED) is 0.644. The van der Waals surface area contributed by atoms with Gasteiger partial charge in [0, 0.05) is 19.5 Å². The predicted octanol–water partition coefficient (Wildman–Crippen LogP) is 1.13. The molecule has 5 heteroatoms. The van der Waals surface area contributed by atoms with Crippen molar-refractivity contribution < 1.29 is 14.7 Å². The van der Waals surface area contributed by atoms with Crippen molar-refractivity contribution >= 4 is 11.9 Å². The summed E-state index contributed by atoms with van der Waals surface area (Å²) in [5, 5.41) is 14.7. The third kappa shape index (κ3) is 5.49. The fraction of sp³-hybridized carbons (Fsp3) is 0.846. The molecule has 5 nitrogen and oxygen atoms in total. The monoisotopic (exact) mass is 256 g/mol. The molecular formula is C13H24N2O3. The number of hydrogen-bond acceptors (Lipinski definition) is 3.